The summed E-state index contributed by atoms with van der Waals surface area (Å²) in [6.45, 7) is 1.94. The first-order chi connectivity index (χ1) is 12.1. The molecule has 132 valence electrons. The fourth-order valence-electron chi connectivity index (χ4n) is 2.92. The summed E-state index contributed by atoms with van der Waals surface area (Å²) >= 11 is 0. The predicted molar refractivity (Wildman–Crippen MR) is 89.7 cm³/mol. The molecule has 1 saturated heterocycles. The number of rotatable bonds is 5. The quantitative estimate of drug-likeness (QED) is 0.853. The molecule has 0 spiro atoms. The summed E-state index contributed by atoms with van der Waals surface area (Å²) in [5, 5.41) is 16.0. The molecule has 3 rings (SSSR count). The first kappa shape index (κ1) is 16.9. The summed E-state index contributed by atoms with van der Waals surface area (Å²) in [4.78, 5) is 28.8. The lowest BCUT2D eigenvalue weighted by atomic mass is 9.99. The van der Waals surface area contributed by atoms with E-state index < -0.39 is 11.9 Å². The van der Waals surface area contributed by atoms with Crippen molar-refractivity contribution in [3.63, 3.8) is 0 Å². The average Bonchev–Trinajstić information content (AvgIpc) is 3.14. The number of urea groups is 1. The fraction of sp³-hybridized carbons (Fsp3) is 0.412. The number of likely N-dealkylation sites (tertiary alicyclic amines) is 1. The zero-order valence-electron chi connectivity index (χ0n) is 13.8. The molecule has 2 aromatic rings. The Kier molecular flexibility index (Phi) is 5.27. The van der Waals surface area contributed by atoms with Crippen molar-refractivity contribution in [2.45, 2.75) is 25.9 Å². The number of amides is 2. The number of hydrogen-bond acceptors (Lipinski definition) is 4. The SMILES string of the molecule is O=C(O)C1CCCN(C(=O)NCc2ccc(Cn3cncn3)cc2)C1. The van der Waals surface area contributed by atoms with Gasteiger partial charge < -0.3 is 15.3 Å². The average molecular weight is 343 g/mol. The molecule has 0 saturated carbocycles. The van der Waals surface area contributed by atoms with Gasteiger partial charge in [0.1, 0.15) is 12.7 Å². The Hall–Kier alpha value is -2.90. The third-order valence-electron chi connectivity index (χ3n) is 4.34. The fourth-order valence-corrected chi connectivity index (χ4v) is 2.92. The highest BCUT2D eigenvalue weighted by molar-refractivity contribution is 5.76. The van der Waals surface area contributed by atoms with Gasteiger partial charge in [-0.15, -0.1) is 0 Å². The van der Waals surface area contributed by atoms with Crippen molar-refractivity contribution in [2.24, 2.45) is 5.92 Å². The monoisotopic (exact) mass is 343 g/mol. The second-order valence-electron chi connectivity index (χ2n) is 6.19. The van der Waals surface area contributed by atoms with Crippen LogP contribution in [0.3, 0.4) is 0 Å². The number of hydrogen-bond donors (Lipinski definition) is 2. The van der Waals surface area contributed by atoms with E-state index >= 15 is 0 Å². The standard InChI is InChI=1S/C17H21N5O3/c23-16(24)15-2-1-7-21(10-15)17(25)19-8-13-3-5-14(6-4-13)9-22-12-18-11-20-22/h3-6,11-12,15H,1-2,7-10H2,(H,19,25)(H,23,24). The van der Waals surface area contributed by atoms with Gasteiger partial charge in [-0.05, 0) is 24.0 Å². The van der Waals surface area contributed by atoms with Crippen LogP contribution in [0.1, 0.15) is 24.0 Å². The maximum atomic E-state index is 12.2. The van der Waals surface area contributed by atoms with E-state index in [-0.39, 0.29) is 12.6 Å². The van der Waals surface area contributed by atoms with Gasteiger partial charge in [0.2, 0.25) is 0 Å². The predicted octanol–water partition coefficient (Wildman–Crippen LogP) is 1.33. The maximum Gasteiger partial charge on any atom is 0.317 e. The Morgan fingerprint density at radius 3 is 2.68 bits per heavy atom. The van der Waals surface area contributed by atoms with E-state index in [1.54, 1.807) is 15.9 Å². The Bertz CT molecular complexity index is 714. The highest BCUT2D eigenvalue weighted by Crippen LogP contribution is 2.16. The van der Waals surface area contributed by atoms with E-state index in [2.05, 4.69) is 15.4 Å². The van der Waals surface area contributed by atoms with Gasteiger partial charge in [-0.1, -0.05) is 24.3 Å². The van der Waals surface area contributed by atoms with Crippen LogP contribution >= 0.6 is 0 Å². The first-order valence-corrected chi connectivity index (χ1v) is 8.27. The summed E-state index contributed by atoms with van der Waals surface area (Å²) in [6.07, 6.45) is 4.52. The maximum absolute atomic E-state index is 12.2. The van der Waals surface area contributed by atoms with Crippen LogP contribution in [-0.4, -0.2) is 49.9 Å². The van der Waals surface area contributed by atoms with Gasteiger partial charge in [-0.25, -0.2) is 14.5 Å². The smallest absolute Gasteiger partial charge is 0.317 e. The Morgan fingerprint density at radius 1 is 1.24 bits per heavy atom. The van der Waals surface area contributed by atoms with Crippen molar-refractivity contribution < 1.29 is 14.7 Å². The lowest BCUT2D eigenvalue weighted by Crippen LogP contribution is -2.46. The molecular weight excluding hydrogens is 322 g/mol. The van der Waals surface area contributed by atoms with E-state index in [0.29, 0.717) is 26.1 Å². The van der Waals surface area contributed by atoms with Gasteiger partial charge in [0.15, 0.2) is 0 Å². The van der Waals surface area contributed by atoms with Gasteiger partial charge in [0, 0.05) is 19.6 Å². The number of carbonyl (C=O) groups excluding carboxylic acids is 1. The summed E-state index contributed by atoms with van der Waals surface area (Å²) < 4.78 is 1.74. The van der Waals surface area contributed by atoms with Crippen LogP contribution < -0.4 is 5.32 Å². The van der Waals surface area contributed by atoms with Gasteiger partial charge in [0.05, 0.1) is 12.5 Å². The van der Waals surface area contributed by atoms with E-state index in [0.717, 1.165) is 17.5 Å². The van der Waals surface area contributed by atoms with Crippen LogP contribution in [0.4, 0.5) is 4.79 Å². The molecule has 1 aromatic heterocycles. The zero-order chi connectivity index (χ0) is 17.6. The molecule has 2 N–H and O–H groups in total. The van der Waals surface area contributed by atoms with E-state index in [1.165, 1.54) is 6.33 Å². The summed E-state index contributed by atoms with van der Waals surface area (Å²) in [6, 6.07) is 7.69. The summed E-state index contributed by atoms with van der Waals surface area (Å²) in [7, 11) is 0. The molecule has 25 heavy (non-hydrogen) atoms. The molecule has 8 nitrogen and oxygen atoms in total. The molecule has 0 bridgehead atoms. The number of aromatic nitrogens is 3. The van der Waals surface area contributed by atoms with Crippen LogP contribution in [0.2, 0.25) is 0 Å². The lowest BCUT2D eigenvalue weighted by molar-refractivity contribution is -0.143. The largest absolute Gasteiger partial charge is 0.481 e. The zero-order valence-corrected chi connectivity index (χ0v) is 13.8. The molecule has 1 aromatic carbocycles. The van der Waals surface area contributed by atoms with Crippen molar-refractivity contribution in [1.29, 1.82) is 0 Å². The second kappa shape index (κ2) is 7.78. The number of carbonyl (C=O) groups is 2. The van der Waals surface area contributed by atoms with Crippen molar-refractivity contribution >= 4 is 12.0 Å². The molecule has 1 unspecified atom stereocenters. The van der Waals surface area contributed by atoms with Gasteiger partial charge in [-0.2, -0.15) is 5.10 Å². The second-order valence-corrected chi connectivity index (χ2v) is 6.19. The van der Waals surface area contributed by atoms with Crippen molar-refractivity contribution in [2.75, 3.05) is 13.1 Å². The summed E-state index contributed by atoms with van der Waals surface area (Å²) in [5.41, 5.74) is 2.09. The van der Waals surface area contributed by atoms with E-state index in [1.807, 2.05) is 24.3 Å². The van der Waals surface area contributed by atoms with Crippen LogP contribution in [0.5, 0.6) is 0 Å². The third-order valence-corrected chi connectivity index (χ3v) is 4.34. The van der Waals surface area contributed by atoms with Crippen molar-refractivity contribution in [3.8, 4) is 0 Å². The molecule has 2 amide bonds. The normalized spacial score (nSPS) is 17.3. The van der Waals surface area contributed by atoms with Gasteiger partial charge in [-0.3, -0.25) is 4.79 Å². The Labute approximate surface area is 145 Å². The number of nitrogens with zero attached hydrogens (tertiary/aromatic N) is 4. The van der Waals surface area contributed by atoms with Crippen LogP contribution in [0.15, 0.2) is 36.9 Å². The molecule has 2 heterocycles. The number of nitrogens with one attached hydrogen (secondary N) is 1. The third kappa shape index (κ3) is 4.56. The van der Waals surface area contributed by atoms with Gasteiger partial charge >= 0.3 is 12.0 Å². The van der Waals surface area contributed by atoms with Crippen LogP contribution in [0.25, 0.3) is 0 Å². The highest BCUT2D eigenvalue weighted by Gasteiger charge is 2.27. The molecule has 8 heteroatoms. The molecular formula is C17H21N5O3. The Morgan fingerprint density at radius 2 is 2.00 bits per heavy atom. The molecule has 0 aliphatic carbocycles. The topological polar surface area (TPSA) is 100 Å². The van der Waals surface area contributed by atoms with Gasteiger partial charge in [0.25, 0.3) is 0 Å². The molecule has 1 atom stereocenters. The van der Waals surface area contributed by atoms with Crippen molar-refractivity contribution in [1.82, 2.24) is 25.0 Å². The Balaban J connectivity index is 1.49. The number of piperidine rings is 1. The van der Waals surface area contributed by atoms with Crippen LogP contribution in [-0.2, 0) is 17.9 Å². The molecule has 1 fully saturated rings. The first-order valence-electron chi connectivity index (χ1n) is 8.27. The number of benzene rings is 1. The van der Waals surface area contributed by atoms with E-state index in [9.17, 15) is 9.59 Å². The number of carboxylic acids is 1. The lowest BCUT2D eigenvalue weighted by Gasteiger charge is -2.30. The minimum atomic E-state index is -0.833. The minimum absolute atomic E-state index is 0.211. The minimum Gasteiger partial charge on any atom is -0.481 e. The number of aliphatic carboxylic acids is 1. The molecule has 1 aliphatic rings. The van der Waals surface area contributed by atoms with E-state index in [4.69, 9.17) is 5.11 Å². The summed E-state index contributed by atoms with van der Waals surface area (Å²) in [5.74, 6) is -1.30. The molecule has 0 radical (unpaired) electrons. The number of carboxylic acid groups (broad SMARTS) is 1. The van der Waals surface area contributed by atoms with Crippen molar-refractivity contribution in [3.05, 3.63) is 48.0 Å². The molecule has 1 aliphatic heterocycles. The highest BCUT2D eigenvalue weighted by atomic mass is 16.4. The van der Waals surface area contributed by atoms with Crippen LogP contribution in [0, 0.1) is 5.92 Å².